The summed E-state index contributed by atoms with van der Waals surface area (Å²) in [6, 6.07) is 12.6. The summed E-state index contributed by atoms with van der Waals surface area (Å²) >= 11 is 1.32. The number of rotatable bonds is 5. The van der Waals surface area contributed by atoms with Crippen LogP contribution in [0.4, 0.5) is 5.69 Å². The van der Waals surface area contributed by atoms with Gasteiger partial charge in [-0.2, -0.15) is 0 Å². The van der Waals surface area contributed by atoms with Crippen molar-refractivity contribution in [2.75, 3.05) is 0 Å². The number of nitro benzene ring substituents is 1. The minimum Gasteiger partial charge on any atom is -0.349 e. The van der Waals surface area contributed by atoms with Gasteiger partial charge in [0, 0.05) is 22.6 Å². The molecule has 0 aliphatic heterocycles. The van der Waals surface area contributed by atoms with Crippen molar-refractivity contribution < 1.29 is 9.72 Å². The number of nitrogens with one attached hydrogen (secondary N) is 1. The highest BCUT2D eigenvalue weighted by Crippen LogP contribution is 2.35. The van der Waals surface area contributed by atoms with Gasteiger partial charge in [0.1, 0.15) is 0 Å². The number of amides is 1. The molecule has 0 unspecified atom stereocenters. The topological polar surface area (TPSA) is 72.2 Å². The van der Waals surface area contributed by atoms with Gasteiger partial charge in [-0.3, -0.25) is 14.9 Å². The standard InChI is InChI=1S/C17H16N2O3S/c1-11-2-7-14(8-3-11)23-16-9-4-12(10-15(16)19(21)22)17(20)18-13-5-6-13/h2-4,7-10,13H,5-6H2,1H3,(H,18,20). The predicted molar refractivity (Wildman–Crippen MR) is 88.9 cm³/mol. The maximum Gasteiger partial charge on any atom is 0.284 e. The summed E-state index contributed by atoms with van der Waals surface area (Å²) < 4.78 is 0. The minimum atomic E-state index is -0.440. The highest BCUT2D eigenvalue weighted by Gasteiger charge is 2.25. The molecule has 23 heavy (non-hydrogen) atoms. The van der Waals surface area contributed by atoms with Gasteiger partial charge in [-0.15, -0.1) is 0 Å². The Morgan fingerprint density at radius 2 is 1.91 bits per heavy atom. The first kappa shape index (κ1) is 15.6. The van der Waals surface area contributed by atoms with Crippen molar-refractivity contribution >= 4 is 23.4 Å². The summed E-state index contributed by atoms with van der Waals surface area (Å²) in [6.45, 7) is 1.99. The molecule has 0 atom stereocenters. The van der Waals surface area contributed by atoms with Gasteiger partial charge >= 0.3 is 0 Å². The molecule has 6 heteroatoms. The maximum absolute atomic E-state index is 12.0. The smallest absolute Gasteiger partial charge is 0.284 e. The molecule has 3 rings (SSSR count). The third-order valence-electron chi connectivity index (χ3n) is 3.58. The molecule has 1 aliphatic carbocycles. The van der Waals surface area contributed by atoms with Gasteiger partial charge in [-0.1, -0.05) is 29.5 Å². The molecule has 1 saturated carbocycles. The second-order valence-corrected chi connectivity index (χ2v) is 6.72. The Balaban J connectivity index is 1.85. The highest BCUT2D eigenvalue weighted by molar-refractivity contribution is 7.99. The fourth-order valence-electron chi connectivity index (χ4n) is 2.12. The monoisotopic (exact) mass is 328 g/mol. The van der Waals surface area contributed by atoms with Gasteiger partial charge in [0.25, 0.3) is 11.6 Å². The van der Waals surface area contributed by atoms with E-state index in [-0.39, 0.29) is 17.6 Å². The predicted octanol–water partition coefficient (Wildman–Crippen LogP) is 3.95. The molecule has 5 nitrogen and oxygen atoms in total. The lowest BCUT2D eigenvalue weighted by Crippen LogP contribution is -2.25. The van der Waals surface area contributed by atoms with E-state index in [4.69, 9.17) is 0 Å². The van der Waals surface area contributed by atoms with Crippen molar-refractivity contribution in [3.8, 4) is 0 Å². The number of benzene rings is 2. The lowest BCUT2D eigenvalue weighted by molar-refractivity contribution is -0.387. The second-order valence-electron chi connectivity index (χ2n) is 5.60. The fourth-order valence-corrected chi connectivity index (χ4v) is 3.02. The number of hydrogen-bond donors (Lipinski definition) is 1. The van der Waals surface area contributed by atoms with Gasteiger partial charge in [0.05, 0.1) is 9.82 Å². The van der Waals surface area contributed by atoms with E-state index in [1.54, 1.807) is 12.1 Å². The SMILES string of the molecule is Cc1ccc(Sc2ccc(C(=O)NC3CC3)cc2[N+](=O)[O-])cc1. The zero-order valence-corrected chi connectivity index (χ0v) is 13.4. The molecule has 0 saturated heterocycles. The van der Waals surface area contributed by atoms with E-state index in [1.807, 2.05) is 31.2 Å². The normalized spacial score (nSPS) is 13.6. The summed E-state index contributed by atoms with van der Waals surface area (Å²) in [5.41, 5.74) is 1.42. The average Bonchev–Trinajstić information content (AvgIpc) is 3.33. The van der Waals surface area contributed by atoms with Gasteiger partial charge in [-0.25, -0.2) is 0 Å². The molecule has 0 radical (unpaired) electrons. The summed E-state index contributed by atoms with van der Waals surface area (Å²) in [6.07, 6.45) is 1.96. The van der Waals surface area contributed by atoms with Crippen molar-refractivity contribution in [2.45, 2.75) is 35.6 Å². The van der Waals surface area contributed by atoms with Crippen molar-refractivity contribution in [3.63, 3.8) is 0 Å². The van der Waals surface area contributed by atoms with E-state index in [9.17, 15) is 14.9 Å². The van der Waals surface area contributed by atoms with Crippen LogP contribution in [0.5, 0.6) is 0 Å². The van der Waals surface area contributed by atoms with E-state index in [0.717, 1.165) is 23.3 Å². The van der Waals surface area contributed by atoms with E-state index in [1.165, 1.54) is 17.8 Å². The maximum atomic E-state index is 12.0. The Bertz CT molecular complexity index is 755. The quantitative estimate of drug-likeness (QED) is 0.666. The molecular weight excluding hydrogens is 312 g/mol. The van der Waals surface area contributed by atoms with Crippen molar-refractivity contribution in [1.82, 2.24) is 5.32 Å². The number of hydrogen-bond acceptors (Lipinski definition) is 4. The second kappa shape index (κ2) is 6.42. The lowest BCUT2D eigenvalue weighted by Gasteiger charge is -2.07. The number of nitro groups is 1. The first-order valence-corrected chi connectivity index (χ1v) is 8.18. The lowest BCUT2D eigenvalue weighted by atomic mass is 10.2. The zero-order chi connectivity index (χ0) is 16.4. The van der Waals surface area contributed by atoms with Gasteiger partial charge in [0.2, 0.25) is 0 Å². The van der Waals surface area contributed by atoms with Crippen LogP contribution in [-0.4, -0.2) is 16.9 Å². The summed E-state index contributed by atoms with van der Waals surface area (Å²) in [5.74, 6) is -0.248. The third-order valence-corrected chi connectivity index (χ3v) is 4.65. The fraction of sp³-hybridized carbons (Fsp3) is 0.235. The summed E-state index contributed by atoms with van der Waals surface area (Å²) in [4.78, 5) is 24.4. The number of carbonyl (C=O) groups is 1. The Morgan fingerprint density at radius 3 is 2.52 bits per heavy atom. The molecule has 1 N–H and O–H groups in total. The minimum absolute atomic E-state index is 0.0426. The molecular formula is C17H16N2O3S. The van der Waals surface area contributed by atoms with Crippen LogP contribution in [0, 0.1) is 17.0 Å². The zero-order valence-electron chi connectivity index (χ0n) is 12.6. The molecule has 0 heterocycles. The average molecular weight is 328 g/mol. The van der Waals surface area contributed by atoms with Crippen molar-refractivity contribution in [1.29, 1.82) is 0 Å². The highest BCUT2D eigenvalue weighted by atomic mass is 32.2. The molecule has 2 aromatic carbocycles. The van der Waals surface area contributed by atoms with E-state index >= 15 is 0 Å². The van der Waals surface area contributed by atoms with Gasteiger partial charge in [0.15, 0.2) is 0 Å². The van der Waals surface area contributed by atoms with Crippen LogP contribution in [-0.2, 0) is 0 Å². The molecule has 1 amide bonds. The number of nitrogens with zero attached hydrogens (tertiary/aromatic N) is 1. The Kier molecular flexibility index (Phi) is 4.34. The van der Waals surface area contributed by atoms with Crippen LogP contribution in [0.15, 0.2) is 52.3 Å². The first-order valence-electron chi connectivity index (χ1n) is 7.37. The third kappa shape index (κ3) is 3.90. The first-order chi connectivity index (χ1) is 11.0. The van der Waals surface area contributed by atoms with E-state index in [0.29, 0.717) is 10.5 Å². The number of carbonyl (C=O) groups excluding carboxylic acids is 1. The molecule has 1 fully saturated rings. The van der Waals surface area contributed by atoms with Crippen LogP contribution < -0.4 is 5.32 Å². The number of aryl methyl sites for hydroxylation is 1. The van der Waals surface area contributed by atoms with Crippen LogP contribution >= 0.6 is 11.8 Å². The molecule has 118 valence electrons. The van der Waals surface area contributed by atoms with Crippen LogP contribution in [0.25, 0.3) is 0 Å². The van der Waals surface area contributed by atoms with Crippen LogP contribution in [0.3, 0.4) is 0 Å². The Hall–Kier alpha value is -2.34. The van der Waals surface area contributed by atoms with E-state index in [2.05, 4.69) is 5.32 Å². The Labute approximate surface area is 138 Å². The Morgan fingerprint density at radius 1 is 1.22 bits per heavy atom. The summed E-state index contributed by atoms with van der Waals surface area (Å²) in [5, 5.41) is 14.2. The summed E-state index contributed by atoms with van der Waals surface area (Å²) in [7, 11) is 0. The van der Waals surface area contributed by atoms with E-state index < -0.39 is 4.92 Å². The van der Waals surface area contributed by atoms with Crippen LogP contribution in [0.1, 0.15) is 28.8 Å². The van der Waals surface area contributed by atoms with Crippen LogP contribution in [0.2, 0.25) is 0 Å². The molecule has 0 aromatic heterocycles. The van der Waals surface area contributed by atoms with Gasteiger partial charge < -0.3 is 5.32 Å². The molecule has 1 aliphatic rings. The molecule has 0 bridgehead atoms. The molecule has 0 spiro atoms. The van der Waals surface area contributed by atoms with Crippen molar-refractivity contribution in [3.05, 3.63) is 63.7 Å². The van der Waals surface area contributed by atoms with Gasteiger partial charge in [-0.05, 0) is 44.0 Å². The largest absolute Gasteiger partial charge is 0.349 e. The van der Waals surface area contributed by atoms with Crippen molar-refractivity contribution in [2.24, 2.45) is 0 Å². The molecule has 2 aromatic rings.